The second-order valence-corrected chi connectivity index (χ2v) is 9.73. The molecule has 0 bridgehead atoms. The maximum Gasteiger partial charge on any atom is 0.238 e. The zero-order valence-corrected chi connectivity index (χ0v) is 15.7. The molecular formula is C19H19FN2O2S2. The van der Waals surface area contributed by atoms with E-state index in [1.807, 2.05) is 41.3 Å². The van der Waals surface area contributed by atoms with E-state index >= 15 is 4.39 Å². The van der Waals surface area contributed by atoms with Gasteiger partial charge in [-0.15, -0.1) is 11.3 Å². The van der Waals surface area contributed by atoms with E-state index in [1.54, 1.807) is 18.2 Å². The van der Waals surface area contributed by atoms with Gasteiger partial charge >= 0.3 is 0 Å². The van der Waals surface area contributed by atoms with Crippen LogP contribution in [0.15, 0.2) is 58.9 Å². The van der Waals surface area contributed by atoms with Crippen LogP contribution in [0.5, 0.6) is 0 Å². The van der Waals surface area contributed by atoms with Gasteiger partial charge in [-0.25, -0.2) is 17.8 Å². The highest BCUT2D eigenvalue weighted by molar-refractivity contribution is 7.94. The van der Waals surface area contributed by atoms with E-state index < -0.39 is 21.4 Å². The lowest BCUT2D eigenvalue weighted by Gasteiger charge is -2.26. The lowest BCUT2D eigenvalue weighted by molar-refractivity contribution is 0.184. The number of rotatable bonds is 5. The number of aromatic nitrogens is 1. The van der Waals surface area contributed by atoms with Crippen molar-refractivity contribution in [2.45, 2.75) is 35.3 Å². The third-order valence-electron chi connectivity index (χ3n) is 4.76. The van der Waals surface area contributed by atoms with Crippen molar-refractivity contribution < 1.29 is 12.8 Å². The van der Waals surface area contributed by atoms with Gasteiger partial charge in [-0.3, -0.25) is 4.90 Å². The summed E-state index contributed by atoms with van der Waals surface area (Å²) in [6.45, 7) is 1.26. The number of alkyl halides is 1. The fourth-order valence-electron chi connectivity index (χ4n) is 3.44. The van der Waals surface area contributed by atoms with Crippen LogP contribution in [0, 0.1) is 0 Å². The Morgan fingerprint density at radius 1 is 1.15 bits per heavy atom. The minimum atomic E-state index is -4.11. The van der Waals surface area contributed by atoms with E-state index in [-0.39, 0.29) is 4.34 Å². The molecule has 136 valence electrons. The molecule has 0 saturated carbocycles. The molecule has 0 spiro atoms. The second-order valence-electron chi connectivity index (χ2n) is 6.51. The topological polar surface area (TPSA) is 50.3 Å². The maximum absolute atomic E-state index is 15.2. The van der Waals surface area contributed by atoms with E-state index in [2.05, 4.69) is 4.98 Å². The van der Waals surface area contributed by atoms with Crippen LogP contribution >= 0.6 is 11.3 Å². The first-order valence-electron chi connectivity index (χ1n) is 8.57. The van der Waals surface area contributed by atoms with Crippen molar-refractivity contribution in [2.75, 3.05) is 6.54 Å². The summed E-state index contributed by atoms with van der Waals surface area (Å²) in [4.78, 5) is 6.09. The molecule has 4 rings (SSSR count). The smallest absolute Gasteiger partial charge is 0.238 e. The number of sulfone groups is 1. The Morgan fingerprint density at radius 2 is 1.88 bits per heavy atom. The molecule has 7 heteroatoms. The van der Waals surface area contributed by atoms with Gasteiger partial charge in [0.2, 0.25) is 19.7 Å². The molecule has 2 heterocycles. The molecule has 4 nitrogen and oxygen atoms in total. The lowest BCUT2D eigenvalue weighted by Crippen LogP contribution is -2.40. The fraction of sp³-hybridized carbons (Fsp3) is 0.316. The van der Waals surface area contributed by atoms with Crippen LogP contribution in [0.1, 0.15) is 18.4 Å². The predicted molar refractivity (Wildman–Crippen MR) is 102 cm³/mol. The fourth-order valence-corrected chi connectivity index (χ4v) is 6.29. The first kappa shape index (κ1) is 17.6. The van der Waals surface area contributed by atoms with Crippen LogP contribution in [0.2, 0.25) is 0 Å². The average Bonchev–Trinajstić information content (AvgIpc) is 3.29. The molecule has 0 N–H and O–H groups in total. The summed E-state index contributed by atoms with van der Waals surface area (Å²) in [5, 5.41) is 0. The van der Waals surface area contributed by atoms with Crippen molar-refractivity contribution in [3.8, 4) is 0 Å². The summed E-state index contributed by atoms with van der Waals surface area (Å²) < 4.78 is 41.5. The quantitative estimate of drug-likeness (QED) is 0.660. The van der Waals surface area contributed by atoms with Crippen LogP contribution in [0.3, 0.4) is 0 Å². The summed E-state index contributed by atoms with van der Waals surface area (Å²) >= 11 is 1.04. The SMILES string of the molecule is O=S(=O)(c1nc2ccccc2s1)[C@H](F)[C@H]1CCCN1Cc1ccccc1. The minimum Gasteiger partial charge on any atom is -0.292 e. The predicted octanol–water partition coefficient (Wildman–Crippen LogP) is 4.03. The van der Waals surface area contributed by atoms with Crippen molar-refractivity contribution in [3.63, 3.8) is 0 Å². The summed E-state index contributed by atoms with van der Waals surface area (Å²) in [5.41, 5.74) is -0.311. The van der Waals surface area contributed by atoms with Crippen molar-refractivity contribution in [3.05, 3.63) is 60.2 Å². The van der Waals surface area contributed by atoms with Gasteiger partial charge in [0.05, 0.1) is 16.3 Å². The maximum atomic E-state index is 15.2. The molecule has 3 aromatic rings. The Kier molecular flexibility index (Phi) is 4.77. The molecule has 0 radical (unpaired) electrons. The van der Waals surface area contributed by atoms with Crippen LogP contribution in [-0.2, 0) is 16.4 Å². The highest BCUT2D eigenvalue weighted by Crippen LogP contribution is 2.33. The summed E-state index contributed by atoms with van der Waals surface area (Å²) in [5.74, 6) is 0. The zero-order valence-electron chi connectivity index (χ0n) is 14.1. The molecule has 0 aliphatic carbocycles. The number of para-hydroxylation sites is 1. The zero-order chi connectivity index (χ0) is 18.1. The van der Waals surface area contributed by atoms with E-state index in [0.717, 1.165) is 28.0 Å². The molecule has 26 heavy (non-hydrogen) atoms. The normalized spacial score (nSPS) is 19.8. The number of thiazole rings is 1. The van der Waals surface area contributed by atoms with Gasteiger partial charge in [-0.2, -0.15) is 0 Å². The Labute approximate surface area is 156 Å². The summed E-state index contributed by atoms with van der Waals surface area (Å²) in [7, 11) is -4.11. The molecule has 2 aromatic carbocycles. The van der Waals surface area contributed by atoms with Crippen molar-refractivity contribution >= 4 is 31.4 Å². The monoisotopic (exact) mass is 390 g/mol. The van der Waals surface area contributed by atoms with Crippen LogP contribution < -0.4 is 0 Å². The number of hydrogen-bond donors (Lipinski definition) is 0. The minimum absolute atomic E-state index is 0.127. The number of likely N-dealkylation sites (tertiary alicyclic amines) is 1. The van der Waals surface area contributed by atoms with E-state index in [0.29, 0.717) is 25.0 Å². The number of nitrogens with zero attached hydrogens (tertiary/aromatic N) is 2. The van der Waals surface area contributed by atoms with Gasteiger partial charge in [0.15, 0.2) is 0 Å². The van der Waals surface area contributed by atoms with Crippen molar-refractivity contribution in [1.82, 2.24) is 9.88 Å². The lowest BCUT2D eigenvalue weighted by atomic mass is 10.2. The Morgan fingerprint density at radius 3 is 2.65 bits per heavy atom. The molecule has 0 amide bonds. The molecule has 1 saturated heterocycles. The Balaban J connectivity index is 1.59. The van der Waals surface area contributed by atoms with Crippen molar-refractivity contribution in [2.24, 2.45) is 0 Å². The van der Waals surface area contributed by atoms with Gasteiger partial charge in [0.25, 0.3) is 0 Å². The summed E-state index contributed by atoms with van der Waals surface area (Å²) in [6.07, 6.45) is 1.34. The average molecular weight is 391 g/mol. The second kappa shape index (κ2) is 7.06. The molecule has 1 fully saturated rings. The molecule has 1 aliphatic rings. The van der Waals surface area contributed by atoms with Gasteiger partial charge < -0.3 is 0 Å². The summed E-state index contributed by atoms with van der Waals surface area (Å²) in [6, 6.07) is 16.3. The van der Waals surface area contributed by atoms with E-state index in [1.165, 1.54) is 0 Å². The Hall–Kier alpha value is -1.83. The molecule has 2 atom stereocenters. The Bertz CT molecular complexity index is 972. The first-order chi connectivity index (χ1) is 12.6. The third-order valence-corrected chi connectivity index (χ3v) is 8.02. The standard InChI is InChI=1S/C19H19FN2O2S2/c20-18(16-10-6-12-22(16)13-14-7-2-1-3-8-14)26(23,24)19-21-15-9-4-5-11-17(15)25-19/h1-5,7-9,11,16,18H,6,10,12-13H2/t16-,18+/m1/s1. The molecule has 1 aliphatic heterocycles. The van der Waals surface area contributed by atoms with E-state index in [9.17, 15) is 8.42 Å². The van der Waals surface area contributed by atoms with Crippen LogP contribution in [-0.4, -0.2) is 36.4 Å². The van der Waals surface area contributed by atoms with E-state index in [4.69, 9.17) is 0 Å². The van der Waals surface area contributed by atoms with Gasteiger partial charge in [0, 0.05) is 6.54 Å². The number of benzene rings is 2. The molecule has 1 aromatic heterocycles. The van der Waals surface area contributed by atoms with Gasteiger partial charge in [-0.05, 0) is 37.1 Å². The van der Waals surface area contributed by atoms with Gasteiger partial charge in [-0.1, -0.05) is 42.5 Å². The largest absolute Gasteiger partial charge is 0.292 e. The number of halogens is 1. The van der Waals surface area contributed by atoms with Crippen LogP contribution in [0.4, 0.5) is 4.39 Å². The number of hydrogen-bond acceptors (Lipinski definition) is 5. The third kappa shape index (κ3) is 3.26. The molecular weight excluding hydrogens is 371 g/mol. The first-order valence-corrected chi connectivity index (χ1v) is 10.9. The highest BCUT2D eigenvalue weighted by atomic mass is 32.2. The highest BCUT2D eigenvalue weighted by Gasteiger charge is 2.42. The van der Waals surface area contributed by atoms with Crippen molar-refractivity contribution in [1.29, 1.82) is 0 Å². The number of fused-ring (bicyclic) bond motifs is 1. The van der Waals surface area contributed by atoms with Gasteiger partial charge in [0.1, 0.15) is 0 Å². The van der Waals surface area contributed by atoms with Crippen LogP contribution in [0.25, 0.3) is 10.2 Å². The molecule has 0 unspecified atom stereocenters.